The van der Waals surface area contributed by atoms with Gasteiger partial charge in [-0.2, -0.15) is 0 Å². The Kier molecular flexibility index (Phi) is 6.62. The van der Waals surface area contributed by atoms with Crippen molar-refractivity contribution in [2.45, 2.75) is 0 Å². The standard InChI is InChI=1S/C52H32O/c1-2-10-36-29-37(22-19-33(36)9-1)34-17-20-35(21-18-34)51-44-12-3-5-14-46(44)52(47-15-6-4-13-45(47)51)42-26-25-38-30-39(23-24-40(38)31-42)41-27-28-50-48(32-41)43-11-7-8-16-49(43)53-50/h1-32H. The topological polar surface area (TPSA) is 13.1 Å². The maximum Gasteiger partial charge on any atom is 0.135 e. The van der Waals surface area contributed by atoms with Crippen molar-refractivity contribution >= 4 is 65.0 Å². The highest BCUT2D eigenvalue weighted by Gasteiger charge is 2.17. The van der Waals surface area contributed by atoms with Gasteiger partial charge in [0.2, 0.25) is 0 Å². The van der Waals surface area contributed by atoms with E-state index in [1.807, 2.05) is 12.1 Å². The largest absolute Gasteiger partial charge is 0.456 e. The minimum Gasteiger partial charge on any atom is -0.456 e. The van der Waals surface area contributed by atoms with Crippen molar-refractivity contribution in [2.75, 3.05) is 0 Å². The number of rotatable bonds is 4. The van der Waals surface area contributed by atoms with Gasteiger partial charge >= 0.3 is 0 Å². The first-order chi connectivity index (χ1) is 26.2. The van der Waals surface area contributed by atoms with Gasteiger partial charge in [-0.15, -0.1) is 0 Å². The summed E-state index contributed by atoms with van der Waals surface area (Å²) in [7, 11) is 0. The van der Waals surface area contributed by atoms with E-state index in [2.05, 4.69) is 182 Å². The molecule has 0 fully saturated rings. The van der Waals surface area contributed by atoms with Crippen molar-refractivity contribution in [3.8, 4) is 44.5 Å². The van der Waals surface area contributed by atoms with E-state index in [4.69, 9.17) is 4.42 Å². The van der Waals surface area contributed by atoms with Gasteiger partial charge in [0.25, 0.3) is 0 Å². The van der Waals surface area contributed by atoms with Crippen LogP contribution in [0.15, 0.2) is 199 Å². The van der Waals surface area contributed by atoms with E-state index in [9.17, 15) is 0 Å². The van der Waals surface area contributed by atoms with Crippen molar-refractivity contribution in [3.05, 3.63) is 194 Å². The summed E-state index contributed by atoms with van der Waals surface area (Å²) in [6.45, 7) is 0. The Morgan fingerprint density at radius 2 is 0.623 bits per heavy atom. The Hall–Kier alpha value is -6.96. The van der Waals surface area contributed by atoms with Gasteiger partial charge in [0.05, 0.1) is 0 Å². The number of hydrogen-bond donors (Lipinski definition) is 0. The molecule has 11 aromatic rings. The lowest BCUT2D eigenvalue weighted by molar-refractivity contribution is 0.669. The Labute approximate surface area is 307 Å². The van der Waals surface area contributed by atoms with Gasteiger partial charge in [-0.1, -0.05) is 158 Å². The zero-order chi connectivity index (χ0) is 34.9. The van der Waals surface area contributed by atoms with Crippen molar-refractivity contribution in [3.63, 3.8) is 0 Å². The zero-order valence-corrected chi connectivity index (χ0v) is 28.9. The van der Waals surface area contributed by atoms with E-state index in [0.717, 1.165) is 21.9 Å². The van der Waals surface area contributed by atoms with Crippen molar-refractivity contribution < 1.29 is 4.42 Å². The van der Waals surface area contributed by atoms with Crippen molar-refractivity contribution in [1.29, 1.82) is 0 Å². The molecule has 0 aliphatic carbocycles. The van der Waals surface area contributed by atoms with Gasteiger partial charge in [-0.3, -0.25) is 0 Å². The minimum atomic E-state index is 0.920. The number of fused-ring (bicyclic) bond motifs is 7. The molecule has 0 amide bonds. The summed E-state index contributed by atoms with van der Waals surface area (Å²) in [4.78, 5) is 0. The molecule has 1 heterocycles. The van der Waals surface area contributed by atoms with Crippen LogP contribution >= 0.6 is 0 Å². The molecule has 246 valence electrons. The van der Waals surface area contributed by atoms with Gasteiger partial charge in [0, 0.05) is 10.8 Å². The van der Waals surface area contributed by atoms with E-state index in [-0.39, 0.29) is 0 Å². The van der Waals surface area contributed by atoms with Crippen molar-refractivity contribution in [1.82, 2.24) is 0 Å². The average Bonchev–Trinajstić information content (AvgIpc) is 3.60. The van der Waals surface area contributed by atoms with E-state index < -0.39 is 0 Å². The predicted octanol–water partition coefficient (Wildman–Crippen LogP) is 14.9. The second kappa shape index (κ2) is 11.8. The van der Waals surface area contributed by atoms with Crippen LogP contribution in [0.25, 0.3) is 110 Å². The maximum absolute atomic E-state index is 6.10. The number of furan rings is 1. The fraction of sp³-hybridized carbons (Fsp3) is 0. The normalized spacial score (nSPS) is 11.8. The highest BCUT2D eigenvalue weighted by atomic mass is 16.3. The molecule has 0 radical (unpaired) electrons. The maximum atomic E-state index is 6.10. The van der Waals surface area contributed by atoms with Crippen LogP contribution in [0, 0.1) is 0 Å². The second-order valence-corrected chi connectivity index (χ2v) is 14.1. The molecule has 10 aromatic carbocycles. The molecule has 0 saturated heterocycles. The summed E-state index contributed by atoms with van der Waals surface area (Å²) in [5.74, 6) is 0. The highest BCUT2D eigenvalue weighted by Crippen LogP contribution is 2.44. The summed E-state index contributed by atoms with van der Waals surface area (Å²) >= 11 is 0. The summed E-state index contributed by atoms with van der Waals surface area (Å²) in [6.07, 6.45) is 0. The molecule has 0 spiro atoms. The molecule has 1 nitrogen and oxygen atoms in total. The first-order valence-corrected chi connectivity index (χ1v) is 18.2. The fourth-order valence-corrected chi connectivity index (χ4v) is 8.44. The number of hydrogen-bond acceptors (Lipinski definition) is 1. The van der Waals surface area contributed by atoms with Gasteiger partial charge in [-0.25, -0.2) is 0 Å². The highest BCUT2D eigenvalue weighted by molar-refractivity contribution is 6.21. The summed E-state index contributed by atoms with van der Waals surface area (Å²) in [6, 6.07) is 70.7. The zero-order valence-electron chi connectivity index (χ0n) is 28.9. The van der Waals surface area contributed by atoms with Crippen LogP contribution in [0.3, 0.4) is 0 Å². The molecule has 0 atom stereocenters. The van der Waals surface area contributed by atoms with E-state index >= 15 is 0 Å². The number of benzene rings is 10. The molecule has 0 aliphatic rings. The summed E-state index contributed by atoms with van der Waals surface area (Å²) in [5.41, 5.74) is 11.7. The minimum absolute atomic E-state index is 0.920. The monoisotopic (exact) mass is 672 g/mol. The summed E-state index contributed by atoms with van der Waals surface area (Å²) in [5, 5.41) is 12.3. The lowest BCUT2D eigenvalue weighted by atomic mass is 9.85. The first kappa shape index (κ1) is 29.7. The quantitative estimate of drug-likeness (QED) is 0.170. The van der Waals surface area contributed by atoms with Gasteiger partial charge in [0.15, 0.2) is 0 Å². The Bertz CT molecular complexity index is 3160. The molecule has 11 rings (SSSR count). The lowest BCUT2D eigenvalue weighted by Crippen LogP contribution is -1.91. The van der Waals surface area contributed by atoms with Crippen LogP contribution in [0.5, 0.6) is 0 Å². The Morgan fingerprint density at radius 3 is 1.30 bits per heavy atom. The first-order valence-electron chi connectivity index (χ1n) is 18.2. The lowest BCUT2D eigenvalue weighted by Gasteiger charge is -2.18. The van der Waals surface area contributed by atoms with Crippen molar-refractivity contribution in [2.24, 2.45) is 0 Å². The fourth-order valence-electron chi connectivity index (χ4n) is 8.44. The van der Waals surface area contributed by atoms with Gasteiger partial charge in [0.1, 0.15) is 11.2 Å². The third kappa shape index (κ3) is 4.86. The van der Waals surface area contributed by atoms with Gasteiger partial charge in [-0.05, 0) is 124 Å². The smallest absolute Gasteiger partial charge is 0.135 e. The van der Waals surface area contributed by atoms with Crippen LogP contribution in [0.4, 0.5) is 0 Å². The predicted molar refractivity (Wildman–Crippen MR) is 225 cm³/mol. The Morgan fingerprint density at radius 1 is 0.226 bits per heavy atom. The summed E-state index contributed by atoms with van der Waals surface area (Å²) < 4.78 is 6.10. The molecule has 1 aromatic heterocycles. The van der Waals surface area contributed by atoms with Crippen LogP contribution in [0.1, 0.15) is 0 Å². The molecular weight excluding hydrogens is 641 g/mol. The van der Waals surface area contributed by atoms with E-state index in [1.165, 1.54) is 87.6 Å². The van der Waals surface area contributed by atoms with E-state index in [0.29, 0.717) is 0 Å². The molecule has 0 unspecified atom stereocenters. The van der Waals surface area contributed by atoms with Crippen LogP contribution in [-0.2, 0) is 0 Å². The average molecular weight is 673 g/mol. The Balaban J connectivity index is 1.02. The third-order valence-electron chi connectivity index (χ3n) is 11.0. The van der Waals surface area contributed by atoms with E-state index in [1.54, 1.807) is 0 Å². The SMILES string of the molecule is c1ccc2cc(-c3ccc(-c4c5ccccc5c(-c5ccc6cc(-c7ccc8oc9ccccc9c8c7)ccc6c5)c5ccccc45)cc3)ccc2c1. The molecule has 0 saturated carbocycles. The molecule has 1 heteroatoms. The molecular formula is C52H32O. The number of para-hydroxylation sites is 1. The molecule has 0 bridgehead atoms. The van der Waals surface area contributed by atoms with Gasteiger partial charge < -0.3 is 4.42 Å². The van der Waals surface area contributed by atoms with Crippen LogP contribution < -0.4 is 0 Å². The molecule has 0 N–H and O–H groups in total. The second-order valence-electron chi connectivity index (χ2n) is 14.1. The van der Waals surface area contributed by atoms with Crippen LogP contribution in [-0.4, -0.2) is 0 Å². The third-order valence-corrected chi connectivity index (χ3v) is 11.0. The molecule has 0 aliphatic heterocycles. The molecule has 53 heavy (non-hydrogen) atoms. The van der Waals surface area contributed by atoms with Crippen LogP contribution in [0.2, 0.25) is 0 Å².